The quantitative estimate of drug-likeness (QED) is 0.340. The van der Waals surface area contributed by atoms with Crippen LogP contribution in [0.5, 0.6) is 0 Å². The van der Waals surface area contributed by atoms with E-state index in [4.69, 9.17) is 16.7 Å². The highest BCUT2D eigenvalue weighted by molar-refractivity contribution is 5.77. The highest BCUT2D eigenvalue weighted by atomic mass is 16.5. The van der Waals surface area contributed by atoms with Gasteiger partial charge in [0.15, 0.2) is 0 Å². The minimum atomic E-state index is 0.366. The Balaban J connectivity index is 3.14. The van der Waals surface area contributed by atoms with Gasteiger partial charge in [-0.15, -0.1) is 0 Å². The molecule has 54 valence electrons. The van der Waals surface area contributed by atoms with Crippen LogP contribution in [-0.4, -0.2) is 5.21 Å². The van der Waals surface area contributed by atoms with Gasteiger partial charge in [-0.05, 0) is 12.1 Å². The highest BCUT2D eigenvalue weighted by Crippen LogP contribution is 2.23. The number of nitrogen functional groups attached to an aromatic ring is 2. The zero-order chi connectivity index (χ0) is 7.56. The zero-order valence-corrected chi connectivity index (χ0v) is 5.33. The molecule has 0 heterocycles. The van der Waals surface area contributed by atoms with E-state index in [-0.39, 0.29) is 0 Å². The van der Waals surface area contributed by atoms with E-state index in [0.29, 0.717) is 17.1 Å². The van der Waals surface area contributed by atoms with Crippen molar-refractivity contribution in [2.24, 2.45) is 0 Å². The molecule has 0 saturated heterocycles. The second-order valence-corrected chi connectivity index (χ2v) is 1.92. The van der Waals surface area contributed by atoms with Crippen LogP contribution < -0.4 is 16.9 Å². The van der Waals surface area contributed by atoms with Crippen molar-refractivity contribution in [3.8, 4) is 0 Å². The molecule has 10 heavy (non-hydrogen) atoms. The molecule has 0 saturated carbocycles. The second kappa shape index (κ2) is 2.45. The molecule has 0 fully saturated rings. The van der Waals surface area contributed by atoms with E-state index < -0.39 is 0 Å². The summed E-state index contributed by atoms with van der Waals surface area (Å²) in [5.41, 5.74) is 14.1. The lowest BCUT2D eigenvalue weighted by molar-refractivity contribution is 0.389. The molecule has 0 atom stereocenters. The first-order valence-corrected chi connectivity index (χ1v) is 2.79. The molecule has 4 heteroatoms. The maximum atomic E-state index is 8.46. The molecule has 0 aromatic heterocycles. The summed E-state index contributed by atoms with van der Waals surface area (Å²) in [6.07, 6.45) is 0. The lowest BCUT2D eigenvalue weighted by Crippen LogP contribution is -1.99. The standard InChI is InChI=1S/C6H9N3O/c7-4-2-1-3-5(9-10)6(4)8/h1-3,9-10H,7-8H2. The van der Waals surface area contributed by atoms with Gasteiger partial charge in [0.25, 0.3) is 0 Å². The summed E-state index contributed by atoms with van der Waals surface area (Å²) in [6, 6.07) is 4.99. The Bertz CT molecular complexity index is 236. The number of nitrogens with one attached hydrogen (secondary N) is 1. The smallest absolute Gasteiger partial charge is 0.0852 e. The van der Waals surface area contributed by atoms with E-state index in [1.54, 1.807) is 18.2 Å². The lowest BCUT2D eigenvalue weighted by Gasteiger charge is -2.04. The number of nitrogens with two attached hydrogens (primary N) is 2. The average Bonchev–Trinajstić information content (AvgIpc) is 1.95. The predicted molar refractivity (Wildman–Crippen MR) is 40.7 cm³/mol. The number of hydrogen-bond donors (Lipinski definition) is 4. The van der Waals surface area contributed by atoms with Crippen molar-refractivity contribution >= 4 is 17.1 Å². The van der Waals surface area contributed by atoms with E-state index in [1.165, 1.54) is 0 Å². The summed E-state index contributed by atoms with van der Waals surface area (Å²) in [5.74, 6) is 0. The zero-order valence-electron chi connectivity index (χ0n) is 5.33. The maximum absolute atomic E-state index is 8.46. The molecule has 0 spiro atoms. The summed E-state index contributed by atoms with van der Waals surface area (Å²) < 4.78 is 0. The molecule has 1 rings (SSSR count). The molecule has 0 unspecified atom stereocenters. The van der Waals surface area contributed by atoms with Crippen LogP contribution >= 0.6 is 0 Å². The van der Waals surface area contributed by atoms with Crippen molar-refractivity contribution < 1.29 is 5.21 Å². The third-order valence-corrected chi connectivity index (χ3v) is 1.26. The van der Waals surface area contributed by atoms with Crippen LogP contribution in [0.1, 0.15) is 0 Å². The second-order valence-electron chi connectivity index (χ2n) is 1.92. The van der Waals surface area contributed by atoms with Gasteiger partial charge in [-0.3, -0.25) is 10.7 Å². The van der Waals surface area contributed by atoms with Crippen LogP contribution in [0.15, 0.2) is 18.2 Å². The summed E-state index contributed by atoms with van der Waals surface area (Å²) in [4.78, 5) is 0. The van der Waals surface area contributed by atoms with Crippen LogP contribution in [0.3, 0.4) is 0 Å². The number of anilines is 3. The fourth-order valence-electron chi connectivity index (χ4n) is 0.681. The van der Waals surface area contributed by atoms with E-state index >= 15 is 0 Å². The number of hydrogen-bond acceptors (Lipinski definition) is 4. The van der Waals surface area contributed by atoms with Crippen LogP contribution in [0, 0.1) is 0 Å². The Morgan fingerprint density at radius 2 is 2.00 bits per heavy atom. The fourth-order valence-corrected chi connectivity index (χ4v) is 0.681. The summed E-state index contributed by atoms with van der Waals surface area (Å²) in [6.45, 7) is 0. The molecule has 0 aliphatic heterocycles. The molecule has 0 bridgehead atoms. The minimum absolute atomic E-state index is 0.366. The molecular weight excluding hydrogens is 130 g/mol. The molecule has 0 aliphatic carbocycles. The molecule has 4 nitrogen and oxygen atoms in total. The molecular formula is C6H9N3O. The van der Waals surface area contributed by atoms with Gasteiger partial charge in [0.2, 0.25) is 0 Å². The number of rotatable bonds is 1. The van der Waals surface area contributed by atoms with Crippen LogP contribution in [0.25, 0.3) is 0 Å². The predicted octanol–water partition coefficient (Wildman–Crippen LogP) is 0.652. The molecule has 0 amide bonds. The fraction of sp³-hybridized carbons (Fsp3) is 0. The van der Waals surface area contributed by atoms with Gasteiger partial charge < -0.3 is 11.5 Å². The third kappa shape index (κ3) is 0.964. The first-order chi connectivity index (χ1) is 4.75. The van der Waals surface area contributed by atoms with Crippen molar-refractivity contribution in [1.29, 1.82) is 0 Å². The van der Waals surface area contributed by atoms with E-state index in [0.717, 1.165) is 0 Å². The Hall–Kier alpha value is -1.42. The van der Waals surface area contributed by atoms with Crippen molar-refractivity contribution in [3.05, 3.63) is 18.2 Å². The van der Waals surface area contributed by atoms with Gasteiger partial charge in [0.05, 0.1) is 17.1 Å². The Labute approximate surface area is 58.4 Å². The summed E-state index contributed by atoms with van der Waals surface area (Å²) in [7, 11) is 0. The van der Waals surface area contributed by atoms with Gasteiger partial charge in [0, 0.05) is 0 Å². The summed E-state index contributed by atoms with van der Waals surface area (Å²) in [5, 5.41) is 8.46. The molecule has 0 aliphatic rings. The van der Waals surface area contributed by atoms with Crippen LogP contribution in [0.2, 0.25) is 0 Å². The molecule has 1 aromatic carbocycles. The normalized spacial score (nSPS) is 9.30. The molecule has 1 aromatic rings. The van der Waals surface area contributed by atoms with E-state index in [9.17, 15) is 0 Å². The van der Waals surface area contributed by atoms with Crippen molar-refractivity contribution in [2.75, 3.05) is 16.9 Å². The first kappa shape index (κ1) is 6.70. The SMILES string of the molecule is Nc1cccc(NO)c1N. The largest absolute Gasteiger partial charge is 0.397 e. The van der Waals surface area contributed by atoms with Gasteiger partial charge in [-0.1, -0.05) is 6.07 Å². The van der Waals surface area contributed by atoms with Crippen LogP contribution in [0.4, 0.5) is 17.1 Å². The highest BCUT2D eigenvalue weighted by Gasteiger charge is 1.98. The minimum Gasteiger partial charge on any atom is -0.397 e. The lowest BCUT2D eigenvalue weighted by atomic mass is 10.2. The monoisotopic (exact) mass is 139 g/mol. The molecule has 6 N–H and O–H groups in total. The van der Waals surface area contributed by atoms with Crippen molar-refractivity contribution in [1.82, 2.24) is 0 Å². The van der Waals surface area contributed by atoms with E-state index in [1.807, 2.05) is 5.48 Å². The van der Waals surface area contributed by atoms with Gasteiger partial charge in [-0.2, -0.15) is 0 Å². The van der Waals surface area contributed by atoms with Crippen molar-refractivity contribution in [2.45, 2.75) is 0 Å². The molecule has 0 radical (unpaired) electrons. The number of benzene rings is 1. The Morgan fingerprint density at radius 3 is 2.50 bits per heavy atom. The topological polar surface area (TPSA) is 84.3 Å². The third-order valence-electron chi connectivity index (χ3n) is 1.26. The van der Waals surface area contributed by atoms with Crippen LogP contribution in [-0.2, 0) is 0 Å². The van der Waals surface area contributed by atoms with Crippen molar-refractivity contribution in [3.63, 3.8) is 0 Å². The van der Waals surface area contributed by atoms with E-state index in [2.05, 4.69) is 0 Å². The first-order valence-electron chi connectivity index (χ1n) is 2.79. The number of para-hydroxylation sites is 1. The Morgan fingerprint density at radius 1 is 1.30 bits per heavy atom. The average molecular weight is 139 g/mol. The summed E-state index contributed by atoms with van der Waals surface area (Å²) >= 11 is 0. The maximum Gasteiger partial charge on any atom is 0.0852 e. The van der Waals surface area contributed by atoms with Gasteiger partial charge in [0.1, 0.15) is 0 Å². The van der Waals surface area contributed by atoms with Gasteiger partial charge >= 0.3 is 0 Å². The van der Waals surface area contributed by atoms with Gasteiger partial charge in [-0.25, -0.2) is 0 Å². The Kier molecular flexibility index (Phi) is 1.64.